The van der Waals surface area contributed by atoms with E-state index in [-0.39, 0.29) is 12.4 Å². The minimum Gasteiger partial charge on any atom is -0.259 e. The molecule has 0 saturated heterocycles. The Labute approximate surface area is 74.6 Å². The van der Waals surface area contributed by atoms with Crippen LogP contribution in [0.1, 0.15) is 6.92 Å². The van der Waals surface area contributed by atoms with E-state index in [1.54, 1.807) is 6.92 Å². The molecule has 0 N–H and O–H groups in total. The Bertz CT molecular complexity index is 300. The van der Waals surface area contributed by atoms with Crippen LogP contribution in [0.4, 0.5) is 15.0 Å². The van der Waals surface area contributed by atoms with Crippen LogP contribution in [0.3, 0.4) is 0 Å². The van der Waals surface area contributed by atoms with Crippen molar-refractivity contribution in [2.24, 2.45) is 0 Å². The molecule has 0 saturated carbocycles. The molecule has 0 atom stereocenters. The zero-order valence-electron chi connectivity index (χ0n) is 7.03. The number of pyridine rings is 1. The van der Waals surface area contributed by atoms with Crippen molar-refractivity contribution in [1.82, 2.24) is 4.98 Å². The smallest absolute Gasteiger partial charge is 0.259 e. The molecule has 0 aromatic carbocycles. The number of halogens is 1. The topological polar surface area (TPSA) is 53.1 Å². The molecule has 5 heteroatoms. The first-order chi connectivity index (χ1) is 6.15. The molecule has 13 heavy (non-hydrogen) atoms. The molecule has 1 radical (unpaired) electrons. The molecule has 0 aliphatic rings. The molecule has 0 spiro atoms. The van der Waals surface area contributed by atoms with E-state index in [0.29, 0.717) is 0 Å². The highest BCUT2D eigenvalue weighted by Gasteiger charge is 2.14. The summed E-state index contributed by atoms with van der Waals surface area (Å²) in [6.07, 6.45) is -0.386. The van der Waals surface area contributed by atoms with E-state index in [1.165, 1.54) is 6.07 Å². The number of hydrogen-bond acceptors (Lipinski definition) is 2. The lowest BCUT2D eigenvalue weighted by Crippen LogP contribution is -2.28. The normalized spacial score (nSPS) is 9.69. The van der Waals surface area contributed by atoms with Crippen LogP contribution in [0.5, 0.6) is 0 Å². The number of nitrogens with zero attached hydrogens (tertiary/aromatic N) is 2. The van der Waals surface area contributed by atoms with Crippen LogP contribution >= 0.6 is 0 Å². The van der Waals surface area contributed by atoms with Gasteiger partial charge in [-0.1, -0.05) is 0 Å². The van der Waals surface area contributed by atoms with Gasteiger partial charge in [-0.3, -0.25) is 4.90 Å². The predicted octanol–water partition coefficient (Wildman–Crippen LogP) is 1.60. The molecular formula is C8H8FN2O2. The van der Waals surface area contributed by atoms with E-state index in [4.69, 9.17) is 0 Å². The van der Waals surface area contributed by atoms with E-state index < -0.39 is 11.9 Å². The van der Waals surface area contributed by atoms with Gasteiger partial charge < -0.3 is 0 Å². The number of amides is 1. The minimum atomic E-state index is -1.35. The highest BCUT2D eigenvalue weighted by atomic mass is 19.1. The zero-order chi connectivity index (χ0) is 9.84. The first-order valence-corrected chi connectivity index (χ1v) is 3.75. The van der Waals surface area contributed by atoms with Gasteiger partial charge in [0.05, 0.1) is 6.20 Å². The van der Waals surface area contributed by atoms with Gasteiger partial charge in [-0.15, -0.1) is 0 Å². The summed E-state index contributed by atoms with van der Waals surface area (Å²) in [5.74, 6) is -0.331. The summed E-state index contributed by atoms with van der Waals surface area (Å²) in [5.41, 5.74) is 0. The lowest BCUT2D eigenvalue weighted by molar-refractivity contribution is 0.176. The van der Waals surface area contributed by atoms with Crippen LogP contribution in [-0.2, 0) is 5.11 Å². The Morgan fingerprint density at radius 1 is 1.62 bits per heavy atom. The Morgan fingerprint density at radius 2 is 2.31 bits per heavy atom. The molecule has 1 aromatic rings. The fourth-order valence-corrected chi connectivity index (χ4v) is 0.912. The first kappa shape index (κ1) is 9.44. The van der Waals surface area contributed by atoms with E-state index in [0.717, 1.165) is 17.2 Å². The Hall–Kier alpha value is -1.65. The third-order valence-electron chi connectivity index (χ3n) is 1.52. The van der Waals surface area contributed by atoms with Crippen LogP contribution in [0, 0.1) is 5.82 Å². The number of aromatic nitrogens is 1. The van der Waals surface area contributed by atoms with Crippen LogP contribution < -0.4 is 4.90 Å². The number of hydrogen-bond donors (Lipinski definition) is 0. The standard InChI is InChI=1S/C8H8FN2O2/c1-2-11(8(12)13)7-4-3-6(9)5-10-7/h3-5H,2H2,1H3. The summed E-state index contributed by atoms with van der Waals surface area (Å²) in [5, 5.41) is 10.5. The number of carbonyl (C=O) groups excluding carboxylic acids is 1. The number of rotatable bonds is 2. The maximum atomic E-state index is 12.4. The van der Waals surface area contributed by atoms with Crippen molar-refractivity contribution in [2.75, 3.05) is 11.4 Å². The molecule has 69 valence electrons. The SMILES string of the molecule is CCN(C([O])=O)c1ccc(F)cn1. The molecular weight excluding hydrogens is 175 g/mol. The second-order valence-electron chi connectivity index (χ2n) is 2.34. The molecule has 1 rings (SSSR count). The van der Waals surface area contributed by atoms with Crippen molar-refractivity contribution in [2.45, 2.75) is 6.92 Å². The minimum absolute atomic E-state index is 0.170. The van der Waals surface area contributed by atoms with Gasteiger partial charge in [-0.05, 0) is 19.1 Å². The summed E-state index contributed by atoms with van der Waals surface area (Å²) in [4.78, 5) is 15.0. The molecule has 0 unspecified atom stereocenters. The maximum absolute atomic E-state index is 12.4. The van der Waals surface area contributed by atoms with Crippen molar-refractivity contribution in [3.05, 3.63) is 24.1 Å². The third kappa shape index (κ3) is 2.14. The second-order valence-corrected chi connectivity index (χ2v) is 2.34. The Kier molecular flexibility index (Phi) is 2.79. The van der Waals surface area contributed by atoms with Crippen molar-refractivity contribution in [3.8, 4) is 0 Å². The van der Waals surface area contributed by atoms with E-state index in [9.17, 15) is 14.3 Å². The van der Waals surface area contributed by atoms with Crippen LogP contribution in [0.2, 0.25) is 0 Å². The molecule has 0 aliphatic heterocycles. The number of anilines is 1. The van der Waals surface area contributed by atoms with Gasteiger partial charge in [0.15, 0.2) is 0 Å². The summed E-state index contributed by atoms with van der Waals surface area (Å²) >= 11 is 0. The highest BCUT2D eigenvalue weighted by molar-refractivity contribution is 5.84. The van der Waals surface area contributed by atoms with Gasteiger partial charge in [0.2, 0.25) is 0 Å². The molecule has 1 amide bonds. The molecule has 0 bridgehead atoms. The lowest BCUT2D eigenvalue weighted by Gasteiger charge is -2.13. The van der Waals surface area contributed by atoms with Gasteiger partial charge >= 0.3 is 6.09 Å². The first-order valence-electron chi connectivity index (χ1n) is 3.75. The Morgan fingerprint density at radius 3 is 2.69 bits per heavy atom. The van der Waals surface area contributed by atoms with Crippen molar-refractivity contribution < 1.29 is 14.3 Å². The monoisotopic (exact) mass is 183 g/mol. The van der Waals surface area contributed by atoms with Crippen LogP contribution in [0.25, 0.3) is 0 Å². The van der Waals surface area contributed by atoms with E-state index >= 15 is 0 Å². The van der Waals surface area contributed by atoms with Crippen LogP contribution in [0.15, 0.2) is 18.3 Å². The lowest BCUT2D eigenvalue weighted by atomic mass is 10.4. The van der Waals surface area contributed by atoms with Crippen molar-refractivity contribution in [1.29, 1.82) is 0 Å². The average molecular weight is 183 g/mol. The van der Waals surface area contributed by atoms with E-state index in [1.807, 2.05) is 0 Å². The zero-order valence-corrected chi connectivity index (χ0v) is 7.03. The van der Waals surface area contributed by atoms with E-state index in [2.05, 4.69) is 4.98 Å². The molecule has 4 nitrogen and oxygen atoms in total. The molecule has 1 heterocycles. The van der Waals surface area contributed by atoms with Gasteiger partial charge in [0, 0.05) is 6.54 Å². The maximum Gasteiger partial charge on any atom is 0.458 e. The summed E-state index contributed by atoms with van der Waals surface area (Å²) < 4.78 is 12.4. The van der Waals surface area contributed by atoms with Gasteiger partial charge in [0.25, 0.3) is 0 Å². The quantitative estimate of drug-likeness (QED) is 0.699. The second kappa shape index (κ2) is 3.84. The number of carbonyl (C=O) groups is 1. The predicted molar refractivity (Wildman–Crippen MR) is 43.3 cm³/mol. The van der Waals surface area contributed by atoms with Gasteiger partial charge in [-0.25, -0.2) is 19.3 Å². The van der Waals surface area contributed by atoms with Crippen molar-refractivity contribution >= 4 is 11.9 Å². The van der Waals surface area contributed by atoms with Crippen molar-refractivity contribution in [3.63, 3.8) is 0 Å². The molecule has 0 aliphatic carbocycles. The highest BCUT2D eigenvalue weighted by Crippen LogP contribution is 2.10. The molecule has 1 aromatic heterocycles. The largest absolute Gasteiger partial charge is 0.458 e. The summed E-state index contributed by atoms with van der Waals surface area (Å²) in [7, 11) is 0. The summed E-state index contributed by atoms with van der Waals surface area (Å²) in [6, 6.07) is 2.43. The fraction of sp³-hybridized carbons (Fsp3) is 0.250. The van der Waals surface area contributed by atoms with Crippen LogP contribution in [-0.4, -0.2) is 17.6 Å². The van der Waals surface area contributed by atoms with Gasteiger partial charge in [0.1, 0.15) is 11.6 Å². The van der Waals surface area contributed by atoms with Gasteiger partial charge in [-0.2, -0.15) is 0 Å². The fourth-order valence-electron chi connectivity index (χ4n) is 0.912. The molecule has 0 fully saturated rings. The third-order valence-corrected chi connectivity index (χ3v) is 1.52. The Balaban J connectivity index is 2.92. The average Bonchev–Trinajstić information content (AvgIpc) is 2.09. The summed E-state index contributed by atoms with van der Waals surface area (Å²) in [6.45, 7) is 1.86.